The van der Waals surface area contributed by atoms with Crippen LogP contribution in [0.5, 0.6) is 0 Å². The summed E-state index contributed by atoms with van der Waals surface area (Å²) >= 11 is 0. The molecule has 0 atom stereocenters. The van der Waals surface area contributed by atoms with Crippen LogP contribution < -0.4 is 5.32 Å². The molecule has 0 heterocycles. The van der Waals surface area contributed by atoms with E-state index in [2.05, 4.69) is 12.2 Å². The normalized spacial score (nSPS) is 10.1. The highest BCUT2D eigenvalue weighted by Crippen LogP contribution is 1.92. The number of carbonyl (C=O) groups excluding carboxylic acids is 2. The highest BCUT2D eigenvalue weighted by Gasteiger charge is 2.00. The van der Waals surface area contributed by atoms with Gasteiger partial charge in [-0.05, 0) is 19.8 Å². The Morgan fingerprint density at radius 1 is 1.19 bits per heavy atom. The van der Waals surface area contributed by atoms with Crippen molar-refractivity contribution < 1.29 is 14.3 Å². The summed E-state index contributed by atoms with van der Waals surface area (Å²) in [5.74, 6) is 0.0894. The van der Waals surface area contributed by atoms with Crippen LogP contribution >= 0.6 is 0 Å². The van der Waals surface area contributed by atoms with E-state index in [4.69, 9.17) is 4.74 Å². The average Bonchev–Trinajstić information content (AvgIpc) is 2.23. The second kappa shape index (κ2) is 10.6. The Morgan fingerprint density at radius 2 is 1.94 bits per heavy atom. The summed E-state index contributed by atoms with van der Waals surface area (Å²) in [6.45, 7) is 4.98. The SMILES string of the molecule is CCCCCNC(=O)COCCCC(C)=O. The van der Waals surface area contributed by atoms with Crippen LogP contribution in [0.25, 0.3) is 0 Å². The number of hydrogen-bond acceptors (Lipinski definition) is 3. The second-order valence-electron chi connectivity index (χ2n) is 3.92. The van der Waals surface area contributed by atoms with Gasteiger partial charge in [0.15, 0.2) is 0 Å². The molecule has 0 radical (unpaired) electrons. The summed E-state index contributed by atoms with van der Waals surface area (Å²) < 4.78 is 5.14. The minimum Gasteiger partial charge on any atom is -0.372 e. The Hall–Kier alpha value is -0.900. The number of ketones is 1. The van der Waals surface area contributed by atoms with Gasteiger partial charge in [-0.3, -0.25) is 4.79 Å². The lowest BCUT2D eigenvalue weighted by Crippen LogP contribution is -2.28. The largest absolute Gasteiger partial charge is 0.372 e. The van der Waals surface area contributed by atoms with Crippen molar-refractivity contribution in [2.24, 2.45) is 0 Å². The molecule has 0 unspecified atom stereocenters. The van der Waals surface area contributed by atoms with Gasteiger partial charge in [0.1, 0.15) is 12.4 Å². The highest BCUT2D eigenvalue weighted by atomic mass is 16.5. The summed E-state index contributed by atoms with van der Waals surface area (Å²) in [4.78, 5) is 21.8. The molecule has 0 aromatic carbocycles. The topological polar surface area (TPSA) is 55.4 Å². The third-order valence-corrected chi connectivity index (χ3v) is 2.15. The van der Waals surface area contributed by atoms with Gasteiger partial charge in [0.05, 0.1) is 0 Å². The first-order valence-corrected chi connectivity index (χ1v) is 6.00. The van der Waals surface area contributed by atoms with Crippen molar-refractivity contribution in [3.05, 3.63) is 0 Å². The maximum atomic E-state index is 11.2. The quantitative estimate of drug-likeness (QED) is 0.580. The lowest BCUT2D eigenvalue weighted by atomic mass is 10.2. The fourth-order valence-corrected chi connectivity index (χ4v) is 1.24. The van der Waals surface area contributed by atoms with Crippen molar-refractivity contribution in [2.45, 2.75) is 46.0 Å². The van der Waals surface area contributed by atoms with E-state index >= 15 is 0 Å². The number of rotatable bonds is 10. The van der Waals surface area contributed by atoms with Crippen LogP contribution in [0.15, 0.2) is 0 Å². The first-order chi connectivity index (χ1) is 7.66. The standard InChI is InChI=1S/C12H23NO3/c1-3-4-5-8-13-12(15)10-16-9-6-7-11(2)14/h3-10H2,1-2H3,(H,13,15). The molecule has 4 nitrogen and oxygen atoms in total. The fourth-order valence-electron chi connectivity index (χ4n) is 1.24. The summed E-state index contributed by atoms with van der Waals surface area (Å²) in [7, 11) is 0. The van der Waals surface area contributed by atoms with Crippen LogP contribution in [0, 0.1) is 0 Å². The molecule has 94 valence electrons. The molecular formula is C12H23NO3. The van der Waals surface area contributed by atoms with Gasteiger partial charge >= 0.3 is 0 Å². The van der Waals surface area contributed by atoms with E-state index < -0.39 is 0 Å². The molecule has 0 aliphatic rings. The predicted octanol–water partition coefficient (Wildman–Crippen LogP) is 1.68. The zero-order chi connectivity index (χ0) is 12.2. The number of ether oxygens (including phenoxy) is 1. The minimum absolute atomic E-state index is 0.0704. The second-order valence-corrected chi connectivity index (χ2v) is 3.92. The fraction of sp³-hybridized carbons (Fsp3) is 0.833. The van der Waals surface area contributed by atoms with Gasteiger partial charge in [0.25, 0.3) is 0 Å². The van der Waals surface area contributed by atoms with Gasteiger partial charge < -0.3 is 14.8 Å². The molecule has 4 heteroatoms. The third kappa shape index (κ3) is 11.2. The number of carbonyl (C=O) groups is 2. The van der Waals surface area contributed by atoms with Crippen molar-refractivity contribution in [3.8, 4) is 0 Å². The van der Waals surface area contributed by atoms with Crippen LogP contribution in [0.3, 0.4) is 0 Å². The molecule has 0 aliphatic heterocycles. The molecule has 16 heavy (non-hydrogen) atoms. The Morgan fingerprint density at radius 3 is 2.56 bits per heavy atom. The Bertz CT molecular complexity index is 204. The van der Waals surface area contributed by atoms with Crippen LogP contribution in [-0.2, 0) is 14.3 Å². The Labute approximate surface area is 97.7 Å². The summed E-state index contributed by atoms with van der Waals surface area (Å²) in [6, 6.07) is 0. The van der Waals surface area contributed by atoms with Crippen LogP contribution in [0.1, 0.15) is 46.0 Å². The lowest BCUT2D eigenvalue weighted by Gasteiger charge is -2.05. The van der Waals surface area contributed by atoms with Gasteiger partial charge in [-0.15, -0.1) is 0 Å². The van der Waals surface area contributed by atoms with Crippen LogP contribution in [-0.4, -0.2) is 31.4 Å². The monoisotopic (exact) mass is 229 g/mol. The molecule has 1 amide bonds. The molecule has 0 saturated heterocycles. The number of Topliss-reactive ketones (excluding diaryl/α,β-unsaturated/α-hetero) is 1. The summed E-state index contributed by atoms with van der Waals surface area (Å²) in [5, 5.41) is 2.79. The molecule has 0 spiro atoms. The van der Waals surface area contributed by atoms with E-state index in [1.165, 1.54) is 0 Å². The number of hydrogen-bond donors (Lipinski definition) is 1. The van der Waals surface area contributed by atoms with E-state index in [1.807, 2.05) is 0 Å². The van der Waals surface area contributed by atoms with Crippen molar-refractivity contribution in [3.63, 3.8) is 0 Å². The minimum atomic E-state index is -0.0704. The van der Waals surface area contributed by atoms with E-state index in [0.29, 0.717) is 19.4 Å². The van der Waals surface area contributed by atoms with Crippen molar-refractivity contribution >= 4 is 11.7 Å². The van der Waals surface area contributed by atoms with Gasteiger partial charge in [-0.2, -0.15) is 0 Å². The van der Waals surface area contributed by atoms with Gasteiger partial charge in [-0.25, -0.2) is 0 Å². The van der Waals surface area contributed by atoms with E-state index in [9.17, 15) is 9.59 Å². The molecule has 0 fully saturated rings. The first-order valence-electron chi connectivity index (χ1n) is 6.00. The molecule has 0 saturated carbocycles. The van der Waals surface area contributed by atoms with E-state index in [0.717, 1.165) is 25.8 Å². The molecule has 0 aromatic heterocycles. The molecule has 0 aromatic rings. The summed E-state index contributed by atoms with van der Waals surface area (Å²) in [6.07, 6.45) is 4.53. The van der Waals surface area contributed by atoms with Crippen LogP contribution in [0.4, 0.5) is 0 Å². The summed E-state index contributed by atoms with van der Waals surface area (Å²) in [5.41, 5.74) is 0. The average molecular weight is 229 g/mol. The third-order valence-electron chi connectivity index (χ3n) is 2.15. The Balaban J connectivity index is 3.20. The van der Waals surface area contributed by atoms with E-state index in [-0.39, 0.29) is 18.3 Å². The van der Waals surface area contributed by atoms with Gasteiger partial charge in [0, 0.05) is 19.6 Å². The number of unbranched alkanes of at least 4 members (excludes halogenated alkanes) is 2. The Kier molecular flexibility index (Phi) is 10.0. The molecular weight excluding hydrogens is 206 g/mol. The smallest absolute Gasteiger partial charge is 0.245 e. The maximum Gasteiger partial charge on any atom is 0.245 e. The maximum absolute atomic E-state index is 11.2. The van der Waals surface area contributed by atoms with E-state index in [1.54, 1.807) is 6.92 Å². The molecule has 0 rings (SSSR count). The molecule has 1 N–H and O–H groups in total. The first kappa shape index (κ1) is 15.1. The molecule has 0 bridgehead atoms. The zero-order valence-electron chi connectivity index (χ0n) is 10.4. The van der Waals surface area contributed by atoms with Crippen LogP contribution in [0.2, 0.25) is 0 Å². The predicted molar refractivity (Wildman–Crippen MR) is 63.3 cm³/mol. The van der Waals surface area contributed by atoms with Gasteiger partial charge in [-0.1, -0.05) is 19.8 Å². The van der Waals surface area contributed by atoms with Crippen molar-refractivity contribution in [2.75, 3.05) is 19.8 Å². The molecule has 0 aliphatic carbocycles. The highest BCUT2D eigenvalue weighted by molar-refractivity contribution is 5.77. The van der Waals surface area contributed by atoms with Crippen molar-refractivity contribution in [1.29, 1.82) is 0 Å². The zero-order valence-corrected chi connectivity index (χ0v) is 10.4. The number of amides is 1. The van der Waals surface area contributed by atoms with Gasteiger partial charge in [0.2, 0.25) is 5.91 Å². The number of nitrogens with one attached hydrogen (secondary N) is 1. The van der Waals surface area contributed by atoms with Crippen molar-refractivity contribution in [1.82, 2.24) is 5.32 Å². The lowest BCUT2D eigenvalue weighted by molar-refractivity contribution is -0.125.